The second-order valence-corrected chi connectivity index (χ2v) is 5.64. The van der Waals surface area contributed by atoms with Crippen LogP contribution in [0.15, 0.2) is 18.2 Å². The standard InChI is InChI=1S/C10H15NO4S/c1-14-8-3-4-9(11)10(7-8)15-5-6-16(2,12)13/h3-4,7H,5-6,11H2,1-2H3. The molecule has 0 aliphatic heterocycles. The molecule has 0 saturated carbocycles. The van der Waals surface area contributed by atoms with E-state index >= 15 is 0 Å². The van der Waals surface area contributed by atoms with E-state index in [-0.39, 0.29) is 12.4 Å². The van der Waals surface area contributed by atoms with Crippen LogP contribution in [0.2, 0.25) is 0 Å². The molecule has 0 saturated heterocycles. The quantitative estimate of drug-likeness (QED) is 0.772. The third-order valence-corrected chi connectivity index (χ3v) is 2.84. The summed E-state index contributed by atoms with van der Waals surface area (Å²) < 4.78 is 32.1. The molecule has 0 spiro atoms. The van der Waals surface area contributed by atoms with E-state index in [1.807, 2.05) is 0 Å². The predicted molar refractivity (Wildman–Crippen MR) is 62.6 cm³/mol. The molecule has 16 heavy (non-hydrogen) atoms. The van der Waals surface area contributed by atoms with Crippen LogP contribution in [0, 0.1) is 0 Å². The van der Waals surface area contributed by atoms with Gasteiger partial charge in [-0.1, -0.05) is 0 Å². The van der Waals surface area contributed by atoms with Gasteiger partial charge in [0.15, 0.2) is 9.84 Å². The molecule has 2 N–H and O–H groups in total. The number of ether oxygens (including phenoxy) is 2. The Balaban J connectivity index is 2.66. The van der Waals surface area contributed by atoms with Crippen molar-refractivity contribution in [3.05, 3.63) is 18.2 Å². The van der Waals surface area contributed by atoms with Crippen molar-refractivity contribution in [2.24, 2.45) is 0 Å². The number of hydrogen-bond acceptors (Lipinski definition) is 5. The molecule has 0 aliphatic carbocycles. The molecule has 1 rings (SSSR count). The molecule has 1 aromatic rings. The highest BCUT2D eigenvalue weighted by Gasteiger charge is 2.06. The topological polar surface area (TPSA) is 78.6 Å². The van der Waals surface area contributed by atoms with Crippen LogP contribution in [0.4, 0.5) is 5.69 Å². The van der Waals surface area contributed by atoms with Gasteiger partial charge in [0, 0.05) is 12.3 Å². The van der Waals surface area contributed by atoms with Crippen molar-refractivity contribution in [1.29, 1.82) is 0 Å². The number of rotatable bonds is 5. The van der Waals surface area contributed by atoms with Crippen molar-refractivity contribution in [1.82, 2.24) is 0 Å². The number of hydrogen-bond donors (Lipinski definition) is 1. The van der Waals surface area contributed by atoms with Crippen LogP contribution < -0.4 is 15.2 Å². The molecule has 0 heterocycles. The molecule has 0 aliphatic rings. The van der Waals surface area contributed by atoms with Crippen molar-refractivity contribution in [3.8, 4) is 11.5 Å². The fourth-order valence-corrected chi connectivity index (χ4v) is 1.46. The summed E-state index contributed by atoms with van der Waals surface area (Å²) in [6.45, 7) is 0.0796. The molecule has 0 fully saturated rings. The zero-order chi connectivity index (χ0) is 12.2. The average Bonchev–Trinajstić information content (AvgIpc) is 2.19. The second kappa shape index (κ2) is 5.07. The number of anilines is 1. The third kappa shape index (κ3) is 3.98. The Morgan fingerprint density at radius 3 is 2.62 bits per heavy atom. The van der Waals surface area contributed by atoms with Gasteiger partial charge >= 0.3 is 0 Å². The van der Waals surface area contributed by atoms with Crippen LogP contribution in [0.25, 0.3) is 0 Å². The van der Waals surface area contributed by atoms with Crippen LogP contribution in [0.5, 0.6) is 11.5 Å². The lowest BCUT2D eigenvalue weighted by Crippen LogP contribution is -2.12. The maximum absolute atomic E-state index is 10.9. The lowest BCUT2D eigenvalue weighted by molar-refractivity contribution is 0.339. The first-order valence-corrected chi connectivity index (χ1v) is 6.72. The highest BCUT2D eigenvalue weighted by Crippen LogP contribution is 2.26. The van der Waals surface area contributed by atoms with Gasteiger partial charge in [-0.25, -0.2) is 8.42 Å². The summed E-state index contributed by atoms with van der Waals surface area (Å²) in [4.78, 5) is 0. The fraction of sp³-hybridized carbons (Fsp3) is 0.400. The summed E-state index contributed by atoms with van der Waals surface area (Å²) in [6, 6.07) is 4.98. The molecule has 0 bridgehead atoms. The molecule has 5 nitrogen and oxygen atoms in total. The van der Waals surface area contributed by atoms with E-state index in [0.717, 1.165) is 6.26 Å². The Hall–Kier alpha value is -1.43. The van der Waals surface area contributed by atoms with E-state index in [1.54, 1.807) is 18.2 Å². The minimum Gasteiger partial charge on any atom is -0.497 e. The molecule has 90 valence electrons. The third-order valence-electron chi connectivity index (χ3n) is 1.93. The molecular formula is C10H15NO4S. The predicted octanol–water partition coefficient (Wildman–Crippen LogP) is 0.701. The van der Waals surface area contributed by atoms with Gasteiger partial charge in [0.05, 0.1) is 18.6 Å². The van der Waals surface area contributed by atoms with Crippen molar-refractivity contribution >= 4 is 15.5 Å². The van der Waals surface area contributed by atoms with Crippen LogP contribution in [-0.2, 0) is 9.84 Å². The van der Waals surface area contributed by atoms with Gasteiger partial charge in [0.1, 0.15) is 18.1 Å². The first-order valence-electron chi connectivity index (χ1n) is 4.66. The summed E-state index contributed by atoms with van der Waals surface area (Å²) in [5.74, 6) is 1.01. The maximum atomic E-state index is 10.9. The van der Waals surface area contributed by atoms with E-state index < -0.39 is 9.84 Å². The Morgan fingerprint density at radius 1 is 1.38 bits per heavy atom. The fourth-order valence-electron chi connectivity index (χ4n) is 1.07. The molecule has 0 atom stereocenters. The van der Waals surface area contributed by atoms with Gasteiger partial charge in [0.25, 0.3) is 0 Å². The van der Waals surface area contributed by atoms with Crippen molar-refractivity contribution in [2.75, 3.05) is 31.5 Å². The first kappa shape index (κ1) is 12.6. The lowest BCUT2D eigenvalue weighted by Gasteiger charge is -2.09. The number of nitrogens with two attached hydrogens (primary N) is 1. The monoisotopic (exact) mass is 245 g/mol. The van der Waals surface area contributed by atoms with Gasteiger partial charge < -0.3 is 15.2 Å². The zero-order valence-corrected chi connectivity index (χ0v) is 10.1. The summed E-state index contributed by atoms with van der Waals surface area (Å²) in [5.41, 5.74) is 6.12. The number of methoxy groups -OCH3 is 1. The average molecular weight is 245 g/mol. The second-order valence-electron chi connectivity index (χ2n) is 3.38. The molecule has 0 aromatic heterocycles. The van der Waals surface area contributed by atoms with Crippen LogP contribution in [-0.4, -0.2) is 34.1 Å². The molecule has 0 radical (unpaired) electrons. The molecule has 1 aromatic carbocycles. The Bertz CT molecular complexity index is 456. The Kier molecular flexibility index (Phi) is 4.00. The minimum absolute atomic E-state index is 0.0380. The summed E-state index contributed by atoms with van der Waals surface area (Å²) in [5, 5.41) is 0. The molecule has 6 heteroatoms. The van der Waals surface area contributed by atoms with Gasteiger partial charge in [-0.05, 0) is 12.1 Å². The summed E-state index contributed by atoms with van der Waals surface area (Å²) in [6.07, 6.45) is 1.16. The highest BCUT2D eigenvalue weighted by molar-refractivity contribution is 7.90. The summed E-state index contributed by atoms with van der Waals surface area (Å²) >= 11 is 0. The van der Waals surface area contributed by atoms with Gasteiger partial charge in [-0.2, -0.15) is 0 Å². The normalized spacial score (nSPS) is 11.1. The van der Waals surface area contributed by atoms with Crippen LogP contribution in [0.3, 0.4) is 0 Å². The van der Waals surface area contributed by atoms with Gasteiger partial charge in [-0.15, -0.1) is 0 Å². The summed E-state index contributed by atoms with van der Waals surface area (Å²) in [7, 11) is -1.49. The van der Waals surface area contributed by atoms with Crippen molar-refractivity contribution in [2.45, 2.75) is 0 Å². The SMILES string of the molecule is COc1ccc(N)c(OCCS(C)(=O)=O)c1. The largest absolute Gasteiger partial charge is 0.497 e. The Labute approximate surface area is 95.1 Å². The smallest absolute Gasteiger partial charge is 0.150 e. The first-order chi connectivity index (χ1) is 7.42. The van der Waals surface area contributed by atoms with Gasteiger partial charge in [-0.3, -0.25) is 0 Å². The maximum Gasteiger partial charge on any atom is 0.150 e. The van der Waals surface area contributed by atoms with Gasteiger partial charge in [0.2, 0.25) is 0 Å². The van der Waals surface area contributed by atoms with Crippen LogP contribution in [0.1, 0.15) is 0 Å². The Morgan fingerprint density at radius 2 is 2.06 bits per heavy atom. The van der Waals surface area contributed by atoms with E-state index in [0.29, 0.717) is 17.2 Å². The lowest BCUT2D eigenvalue weighted by atomic mass is 10.3. The van der Waals surface area contributed by atoms with Crippen molar-refractivity contribution < 1.29 is 17.9 Å². The van der Waals surface area contributed by atoms with E-state index in [9.17, 15) is 8.42 Å². The number of nitrogen functional groups attached to an aromatic ring is 1. The molecule has 0 amide bonds. The highest BCUT2D eigenvalue weighted by atomic mass is 32.2. The molecule has 0 unspecified atom stereocenters. The number of benzene rings is 1. The van der Waals surface area contributed by atoms with E-state index in [4.69, 9.17) is 15.2 Å². The van der Waals surface area contributed by atoms with E-state index in [2.05, 4.69) is 0 Å². The van der Waals surface area contributed by atoms with Crippen molar-refractivity contribution in [3.63, 3.8) is 0 Å². The minimum atomic E-state index is -3.02. The van der Waals surface area contributed by atoms with Crippen LogP contribution >= 0.6 is 0 Å². The molecular weight excluding hydrogens is 230 g/mol. The van der Waals surface area contributed by atoms with E-state index in [1.165, 1.54) is 7.11 Å². The zero-order valence-electron chi connectivity index (χ0n) is 9.26. The number of sulfone groups is 1.